The summed E-state index contributed by atoms with van der Waals surface area (Å²) in [6, 6.07) is -3.78. The normalized spacial score (nSPS) is 13.5. The number of aromatic amines is 1. The number of imidazole rings is 1. The van der Waals surface area contributed by atoms with Crippen molar-refractivity contribution in [3.63, 3.8) is 0 Å². The van der Waals surface area contributed by atoms with E-state index in [1.54, 1.807) is 0 Å². The summed E-state index contributed by atoms with van der Waals surface area (Å²) in [7, 11) is 0. The molecule has 0 saturated heterocycles. The highest BCUT2D eigenvalue weighted by Crippen LogP contribution is 2.04. The predicted octanol–water partition coefficient (Wildman–Crippen LogP) is -2.76. The maximum absolute atomic E-state index is 12.7. The van der Waals surface area contributed by atoms with Crippen LogP contribution >= 0.6 is 12.6 Å². The summed E-state index contributed by atoms with van der Waals surface area (Å²) in [5, 5.41) is 25.0. The second kappa shape index (κ2) is 12.4. The molecule has 3 amide bonds. The Morgan fingerprint density at radius 2 is 1.70 bits per heavy atom. The van der Waals surface area contributed by atoms with Crippen molar-refractivity contribution in [3.05, 3.63) is 18.2 Å². The van der Waals surface area contributed by atoms with Crippen LogP contribution in [0.2, 0.25) is 0 Å². The Morgan fingerprint density at radius 1 is 1.07 bits per heavy atom. The molecular weight excluding hydrogens is 420 g/mol. The highest BCUT2D eigenvalue weighted by Gasteiger charge is 2.29. The van der Waals surface area contributed by atoms with Crippen molar-refractivity contribution in [3.8, 4) is 0 Å². The number of carbonyl (C=O) groups is 5. The molecule has 1 rings (SSSR count). The molecule has 13 nitrogen and oxygen atoms in total. The number of H-pyrrole nitrogens is 1. The Morgan fingerprint density at radius 3 is 2.20 bits per heavy atom. The molecule has 3 atom stereocenters. The van der Waals surface area contributed by atoms with Gasteiger partial charge in [-0.05, 0) is 6.42 Å². The fourth-order valence-electron chi connectivity index (χ4n) is 2.34. The molecule has 0 aliphatic heterocycles. The summed E-state index contributed by atoms with van der Waals surface area (Å²) in [6.07, 6.45) is 1.90. The van der Waals surface area contributed by atoms with Crippen LogP contribution in [0, 0.1) is 0 Å². The first kappa shape index (κ1) is 24.9. The van der Waals surface area contributed by atoms with E-state index < -0.39 is 54.2 Å². The number of hydrogen-bond donors (Lipinski definition) is 8. The van der Waals surface area contributed by atoms with Gasteiger partial charge in [0.2, 0.25) is 17.7 Å². The molecule has 0 aliphatic carbocycles. The Balaban J connectivity index is 2.93. The molecular formula is C16H24N6O7S. The average Bonchev–Trinajstić information content (AvgIpc) is 3.20. The lowest BCUT2D eigenvalue weighted by Crippen LogP contribution is -2.57. The number of thiol groups is 1. The summed E-state index contributed by atoms with van der Waals surface area (Å²) in [6.45, 7) is -0.348. The summed E-state index contributed by atoms with van der Waals surface area (Å²) in [5.41, 5.74) is 5.68. The van der Waals surface area contributed by atoms with Gasteiger partial charge in [-0.3, -0.25) is 19.2 Å². The molecule has 0 aromatic carbocycles. The third-order valence-corrected chi connectivity index (χ3v) is 4.26. The minimum Gasteiger partial charge on any atom is -0.481 e. The minimum atomic E-state index is -1.47. The zero-order chi connectivity index (χ0) is 22.7. The van der Waals surface area contributed by atoms with Crippen LogP contribution in [0.4, 0.5) is 0 Å². The first-order chi connectivity index (χ1) is 14.2. The van der Waals surface area contributed by atoms with Crippen LogP contribution < -0.4 is 21.7 Å². The summed E-state index contributed by atoms with van der Waals surface area (Å²) >= 11 is 3.99. The first-order valence-electron chi connectivity index (χ1n) is 8.80. The quantitative estimate of drug-likeness (QED) is 0.148. The lowest BCUT2D eigenvalue weighted by atomic mass is 10.1. The number of nitrogens with one attached hydrogen (secondary N) is 4. The largest absolute Gasteiger partial charge is 0.481 e. The second-order valence-electron chi connectivity index (χ2n) is 6.18. The highest BCUT2D eigenvalue weighted by atomic mass is 32.1. The van der Waals surface area contributed by atoms with Crippen LogP contribution in [0.3, 0.4) is 0 Å². The van der Waals surface area contributed by atoms with Crippen molar-refractivity contribution in [2.45, 2.75) is 37.4 Å². The van der Waals surface area contributed by atoms with E-state index >= 15 is 0 Å². The lowest BCUT2D eigenvalue weighted by molar-refractivity contribution is -0.143. The zero-order valence-electron chi connectivity index (χ0n) is 15.8. The van der Waals surface area contributed by atoms with Gasteiger partial charge in [-0.1, -0.05) is 0 Å². The van der Waals surface area contributed by atoms with Crippen molar-refractivity contribution in [1.29, 1.82) is 0 Å². The highest BCUT2D eigenvalue weighted by molar-refractivity contribution is 7.80. The molecule has 1 aromatic heterocycles. The average molecular weight is 444 g/mol. The van der Waals surface area contributed by atoms with Crippen LogP contribution in [0.5, 0.6) is 0 Å². The van der Waals surface area contributed by atoms with Gasteiger partial charge in [0.05, 0.1) is 12.9 Å². The number of carbonyl (C=O) groups excluding carboxylic acids is 3. The van der Waals surface area contributed by atoms with Crippen molar-refractivity contribution in [2.24, 2.45) is 5.73 Å². The molecule has 0 saturated carbocycles. The van der Waals surface area contributed by atoms with Crippen LogP contribution in [-0.2, 0) is 30.4 Å². The number of nitrogens with zero attached hydrogens (tertiary/aromatic N) is 1. The zero-order valence-corrected chi connectivity index (χ0v) is 16.7. The van der Waals surface area contributed by atoms with Gasteiger partial charge in [0.15, 0.2) is 0 Å². The Hall–Kier alpha value is -3.13. The predicted molar refractivity (Wildman–Crippen MR) is 105 cm³/mol. The number of aliphatic carboxylic acids is 2. The Labute approximate surface area is 176 Å². The van der Waals surface area contributed by atoms with E-state index in [4.69, 9.17) is 10.8 Å². The van der Waals surface area contributed by atoms with Crippen LogP contribution in [0.1, 0.15) is 18.5 Å². The summed E-state index contributed by atoms with van der Waals surface area (Å²) in [4.78, 5) is 65.2. The van der Waals surface area contributed by atoms with Gasteiger partial charge >= 0.3 is 11.9 Å². The SMILES string of the molecule is NCC(=O)NC(CS)C(=O)NC(Cc1cnc[nH]1)C(=O)NC(CCC(=O)O)C(=O)O. The maximum atomic E-state index is 12.7. The minimum absolute atomic E-state index is 0.0625. The smallest absolute Gasteiger partial charge is 0.326 e. The molecule has 1 aromatic rings. The van der Waals surface area contributed by atoms with E-state index in [9.17, 15) is 29.1 Å². The number of aromatic nitrogens is 2. The van der Waals surface area contributed by atoms with Gasteiger partial charge in [0, 0.05) is 30.5 Å². The Kier molecular flexibility index (Phi) is 10.3. The number of rotatable bonds is 13. The van der Waals surface area contributed by atoms with Gasteiger partial charge in [0.1, 0.15) is 18.1 Å². The van der Waals surface area contributed by atoms with Gasteiger partial charge in [-0.25, -0.2) is 9.78 Å². The van der Waals surface area contributed by atoms with Crippen LogP contribution in [0.15, 0.2) is 12.5 Å². The Bertz CT molecular complexity index is 757. The maximum Gasteiger partial charge on any atom is 0.326 e. The van der Waals surface area contributed by atoms with E-state index in [1.165, 1.54) is 12.5 Å². The molecule has 14 heteroatoms. The first-order valence-corrected chi connectivity index (χ1v) is 9.44. The van der Waals surface area contributed by atoms with Crippen LogP contribution in [-0.4, -0.2) is 80.3 Å². The molecule has 0 radical (unpaired) electrons. The van der Waals surface area contributed by atoms with Gasteiger partial charge in [0.25, 0.3) is 0 Å². The molecule has 0 aliphatic rings. The van der Waals surface area contributed by atoms with Crippen molar-refractivity contribution >= 4 is 42.3 Å². The van der Waals surface area contributed by atoms with Crippen molar-refractivity contribution in [1.82, 2.24) is 25.9 Å². The fourth-order valence-corrected chi connectivity index (χ4v) is 2.60. The standard InChI is InChI=1S/C16H24N6O7S/c17-4-12(23)20-11(6-30)15(27)22-10(3-8-5-18-7-19-8)14(26)21-9(16(28)29)1-2-13(24)25/h5,7,9-11,30H,1-4,6,17H2,(H,18,19)(H,20,23)(H,21,26)(H,22,27)(H,24,25)(H,28,29). The second-order valence-corrected chi connectivity index (χ2v) is 6.55. The topological polar surface area (TPSA) is 217 Å². The van der Waals surface area contributed by atoms with E-state index in [0.717, 1.165) is 0 Å². The molecule has 0 fully saturated rings. The van der Waals surface area contributed by atoms with Gasteiger partial charge in [-0.15, -0.1) is 0 Å². The van der Waals surface area contributed by atoms with Crippen molar-refractivity contribution in [2.75, 3.05) is 12.3 Å². The fraction of sp³-hybridized carbons (Fsp3) is 0.500. The number of nitrogens with two attached hydrogens (primary N) is 1. The number of carboxylic acid groups (broad SMARTS) is 2. The molecule has 166 valence electrons. The summed E-state index contributed by atoms with van der Waals surface area (Å²) in [5.74, 6) is -4.89. The number of carboxylic acids is 2. The molecule has 0 spiro atoms. The molecule has 3 unspecified atom stereocenters. The summed E-state index contributed by atoms with van der Waals surface area (Å²) < 4.78 is 0. The van der Waals surface area contributed by atoms with Crippen LogP contribution in [0.25, 0.3) is 0 Å². The van der Waals surface area contributed by atoms with Gasteiger partial charge in [-0.2, -0.15) is 12.6 Å². The molecule has 30 heavy (non-hydrogen) atoms. The third kappa shape index (κ3) is 8.48. The molecule has 1 heterocycles. The molecule has 0 bridgehead atoms. The van der Waals surface area contributed by atoms with E-state index in [0.29, 0.717) is 5.69 Å². The molecule has 8 N–H and O–H groups in total. The van der Waals surface area contributed by atoms with E-state index in [2.05, 4.69) is 38.5 Å². The van der Waals surface area contributed by atoms with E-state index in [1.807, 2.05) is 0 Å². The number of hydrogen-bond acceptors (Lipinski definition) is 8. The third-order valence-electron chi connectivity index (χ3n) is 3.89. The lowest BCUT2D eigenvalue weighted by Gasteiger charge is -2.23. The monoisotopic (exact) mass is 444 g/mol. The van der Waals surface area contributed by atoms with Gasteiger partial charge < -0.3 is 36.9 Å². The van der Waals surface area contributed by atoms with E-state index in [-0.39, 0.29) is 25.1 Å². The van der Waals surface area contributed by atoms with Crippen molar-refractivity contribution < 1.29 is 34.2 Å². The number of amides is 3.